The second-order valence-electron chi connectivity index (χ2n) is 4.54. The van der Waals surface area contributed by atoms with E-state index in [0.29, 0.717) is 18.9 Å². The predicted octanol–water partition coefficient (Wildman–Crippen LogP) is 1.20. The number of sulfonamides is 1. The Morgan fingerprint density at radius 3 is 2.67 bits per heavy atom. The minimum Gasteiger partial charge on any atom is -0.351 e. The number of rotatable bonds is 5. The Morgan fingerprint density at radius 1 is 1.44 bits per heavy atom. The fourth-order valence-electron chi connectivity index (χ4n) is 1.82. The van der Waals surface area contributed by atoms with Crippen molar-refractivity contribution < 1.29 is 13.2 Å². The van der Waals surface area contributed by atoms with Crippen molar-refractivity contribution in [2.24, 2.45) is 11.1 Å². The van der Waals surface area contributed by atoms with Crippen molar-refractivity contribution in [1.82, 2.24) is 5.32 Å². The van der Waals surface area contributed by atoms with Crippen LogP contribution in [0.2, 0.25) is 0 Å². The van der Waals surface area contributed by atoms with Crippen LogP contribution in [0.3, 0.4) is 0 Å². The second kappa shape index (κ2) is 5.38. The lowest BCUT2D eigenvalue weighted by Crippen LogP contribution is -2.27. The molecule has 0 radical (unpaired) electrons. The zero-order valence-corrected chi connectivity index (χ0v) is 11.5. The van der Waals surface area contributed by atoms with Crippen molar-refractivity contribution in [1.29, 1.82) is 0 Å². The summed E-state index contributed by atoms with van der Waals surface area (Å²) < 4.78 is 22.3. The van der Waals surface area contributed by atoms with E-state index in [9.17, 15) is 13.2 Å². The van der Waals surface area contributed by atoms with Gasteiger partial charge in [0.2, 0.25) is 15.9 Å². The maximum atomic E-state index is 11.6. The SMILES string of the molecule is NS(=O)(=O)c1ccc(CNC(=O)CC2CCC2)s1. The maximum absolute atomic E-state index is 11.6. The molecule has 3 N–H and O–H groups in total. The van der Waals surface area contributed by atoms with E-state index in [2.05, 4.69) is 5.32 Å². The van der Waals surface area contributed by atoms with Gasteiger partial charge < -0.3 is 5.32 Å². The van der Waals surface area contributed by atoms with Crippen LogP contribution in [0.25, 0.3) is 0 Å². The standard InChI is InChI=1S/C11H16N2O3S2/c12-18(15,16)11-5-4-9(17-11)7-13-10(14)6-8-2-1-3-8/h4-5,8H,1-3,6-7H2,(H,13,14)(H2,12,15,16). The summed E-state index contributed by atoms with van der Waals surface area (Å²) in [4.78, 5) is 12.4. The highest BCUT2D eigenvalue weighted by molar-refractivity contribution is 7.91. The molecule has 1 saturated carbocycles. The zero-order chi connectivity index (χ0) is 13.2. The van der Waals surface area contributed by atoms with Gasteiger partial charge in [0, 0.05) is 11.3 Å². The summed E-state index contributed by atoms with van der Waals surface area (Å²) in [6.45, 7) is 0.367. The average molecular weight is 288 g/mol. The van der Waals surface area contributed by atoms with Crippen molar-refractivity contribution in [3.63, 3.8) is 0 Å². The molecular formula is C11H16N2O3S2. The van der Waals surface area contributed by atoms with Crippen LogP contribution in [0, 0.1) is 5.92 Å². The lowest BCUT2D eigenvalue weighted by Gasteiger charge is -2.24. The summed E-state index contributed by atoms with van der Waals surface area (Å²) >= 11 is 1.09. The molecule has 7 heteroatoms. The number of primary sulfonamides is 1. The average Bonchev–Trinajstić information content (AvgIpc) is 2.68. The van der Waals surface area contributed by atoms with E-state index in [4.69, 9.17) is 5.14 Å². The normalized spacial score (nSPS) is 16.3. The quantitative estimate of drug-likeness (QED) is 0.853. The number of hydrogen-bond acceptors (Lipinski definition) is 4. The summed E-state index contributed by atoms with van der Waals surface area (Å²) in [5, 5.41) is 7.81. The predicted molar refractivity (Wildman–Crippen MR) is 69.5 cm³/mol. The van der Waals surface area contributed by atoms with E-state index >= 15 is 0 Å². The molecule has 1 aliphatic rings. The van der Waals surface area contributed by atoms with Crippen LogP contribution in [0.5, 0.6) is 0 Å². The van der Waals surface area contributed by atoms with Crippen LogP contribution in [0.15, 0.2) is 16.3 Å². The minimum absolute atomic E-state index is 0.0326. The van der Waals surface area contributed by atoms with E-state index < -0.39 is 10.0 Å². The number of nitrogens with one attached hydrogen (secondary N) is 1. The third kappa shape index (κ3) is 3.54. The third-order valence-electron chi connectivity index (χ3n) is 3.08. The molecule has 0 spiro atoms. The van der Waals surface area contributed by atoms with Crippen molar-refractivity contribution in [3.8, 4) is 0 Å². The first-order valence-electron chi connectivity index (χ1n) is 5.83. The molecule has 1 aromatic heterocycles. The largest absolute Gasteiger partial charge is 0.351 e. The molecule has 0 bridgehead atoms. The Balaban J connectivity index is 1.82. The lowest BCUT2D eigenvalue weighted by molar-refractivity contribution is -0.122. The van der Waals surface area contributed by atoms with E-state index in [1.807, 2.05) is 0 Å². The molecule has 1 amide bonds. The van der Waals surface area contributed by atoms with E-state index in [1.54, 1.807) is 6.07 Å². The number of nitrogens with two attached hydrogens (primary N) is 1. The molecule has 2 rings (SSSR count). The van der Waals surface area contributed by atoms with Gasteiger partial charge in [0.05, 0.1) is 6.54 Å². The van der Waals surface area contributed by atoms with E-state index in [-0.39, 0.29) is 10.1 Å². The molecule has 5 nitrogen and oxygen atoms in total. The molecule has 100 valence electrons. The lowest BCUT2D eigenvalue weighted by atomic mass is 9.83. The van der Waals surface area contributed by atoms with Crippen LogP contribution >= 0.6 is 11.3 Å². The molecule has 1 aliphatic carbocycles. The van der Waals surface area contributed by atoms with Gasteiger partial charge in [0.1, 0.15) is 4.21 Å². The smallest absolute Gasteiger partial charge is 0.247 e. The zero-order valence-electron chi connectivity index (χ0n) is 9.89. The van der Waals surface area contributed by atoms with Gasteiger partial charge in [-0.3, -0.25) is 4.79 Å². The fraction of sp³-hybridized carbons (Fsp3) is 0.545. The highest BCUT2D eigenvalue weighted by Gasteiger charge is 2.20. The van der Waals surface area contributed by atoms with Crippen LogP contribution in [0.1, 0.15) is 30.6 Å². The van der Waals surface area contributed by atoms with Crippen LogP contribution in [-0.4, -0.2) is 14.3 Å². The van der Waals surface area contributed by atoms with Crippen molar-refractivity contribution in [2.45, 2.75) is 36.4 Å². The Bertz CT molecular complexity index is 532. The van der Waals surface area contributed by atoms with Gasteiger partial charge >= 0.3 is 0 Å². The number of hydrogen-bond donors (Lipinski definition) is 2. The Hall–Kier alpha value is -0.920. The van der Waals surface area contributed by atoms with Gasteiger partial charge in [0.25, 0.3) is 0 Å². The summed E-state index contributed by atoms with van der Waals surface area (Å²) in [5.41, 5.74) is 0. The molecule has 18 heavy (non-hydrogen) atoms. The molecule has 1 fully saturated rings. The molecule has 0 unspecified atom stereocenters. The first-order valence-corrected chi connectivity index (χ1v) is 8.19. The molecule has 0 saturated heterocycles. The van der Waals surface area contributed by atoms with Gasteiger partial charge in [-0.05, 0) is 30.9 Å². The second-order valence-corrected chi connectivity index (χ2v) is 7.50. The van der Waals surface area contributed by atoms with Gasteiger partial charge in [-0.2, -0.15) is 0 Å². The molecule has 0 aromatic carbocycles. The first-order chi connectivity index (χ1) is 8.45. The van der Waals surface area contributed by atoms with Crippen molar-refractivity contribution in [3.05, 3.63) is 17.0 Å². The fourth-order valence-corrected chi connectivity index (χ4v) is 3.54. The number of thiophene rings is 1. The monoisotopic (exact) mass is 288 g/mol. The van der Waals surface area contributed by atoms with Crippen molar-refractivity contribution >= 4 is 27.3 Å². The van der Waals surface area contributed by atoms with E-state index in [0.717, 1.165) is 29.1 Å². The molecule has 0 atom stereocenters. The maximum Gasteiger partial charge on any atom is 0.247 e. The molecule has 1 aromatic rings. The Morgan fingerprint density at radius 2 is 2.17 bits per heavy atom. The van der Waals surface area contributed by atoms with Crippen molar-refractivity contribution in [2.75, 3.05) is 0 Å². The summed E-state index contributed by atoms with van der Waals surface area (Å²) in [5.74, 6) is 0.568. The Labute approximate surface area is 110 Å². The number of amides is 1. The summed E-state index contributed by atoms with van der Waals surface area (Å²) in [6.07, 6.45) is 4.08. The molecule has 0 aliphatic heterocycles. The van der Waals surface area contributed by atoms with Gasteiger partial charge in [-0.25, -0.2) is 13.6 Å². The van der Waals surface area contributed by atoms with E-state index in [1.165, 1.54) is 12.5 Å². The van der Waals surface area contributed by atoms with Gasteiger partial charge in [-0.1, -0.05) is 6.42 Å². The third-order valence-corrected chi connectivity index (χ3v) is 5.60. The van der Waals surface area contributed by atoms with Gasteiger partial charge in [-0.15, -0.1) is 11.3 Å². The van der Waals surface area contributed by atoms with Gasteiger partial charge in [0.15, 0.2) is 0 Å². The highest BCUT2D eigenvalue weighted by Crippen LogP contribution is 2.29. The van der Waals surface area contributed by atoms with Crippen LogP contribution in [-0.2, 0) is 21.4 Å². The number of carbonyl (C=O) groups is 1. The number of carbonyl (C=O) groups excluding carboxylic acids is 1. The molecule has 1 heterocycles. The first kappa shape index (κ1) is 13.5. The Kier molecular flexibility index (Phi) is 4.04. The minimum atomic E-state index is -3.63. The topological polar surface area (TPSA) is 89.3 Å². The van der Waals surface area contributed by atoms with Crippen LogP contribution in [0.4, 0.5) is 0 Å². The molecular weight excluding hydrogens is 272 g/mol. The highest BCUT2D eigenvalue weighted by atomic mass is 32.2. The summed E-state index contributed by atoms with van der Waals surface area (Å²) in [6, 6.07) is 3.14. The van der Waals surface area contributed by atoms with Crippen LogP contribution < -0.4 is 10.5 Å². The summed E-state index contributed by atoms with van der Waals surface area (Å²) in [7, 11) is -3.63.